The highest BCUT2D eigenvalue weighted by molar-refractivity contribution is 6.31. The van der Waals surface area contributed by atoms with Gasteiger partial charge in [0.15, 0.2) is 0 Å². The lowest BCUT2D eigenvalue weighted by atomic mass is 9.67. The minimum absolute atomic E-state index is 0.250. The van der Waals surface area contributed by atoms with Crippen molar-refractivity contribution < 1.29 is 34.4 Å². The van der Waals surface area contributed by atoms with E-state index in [0.29, 0.717) is 24.3 Å². The third-order valence-corrected chi connectivity index (χ3v) is 9.02. The fourth-order valence-corrected chi connectivity index (χ4v) is 6.86. The normalized spacial score (nSPS) is 25.5. The zero-order valence-corrected chi connectivity index (χ0v) is 22.5. The van der Waals surface area contributed by atoms with Crippen LogP contribution in [-0.2, 0) is 25.5 Å². The van der Waals surface area contributed by atoms with Crippen molar-refractivity contribution in [2.24, 2.45) is 17.8 Å². The molecule has 2 saturated heterocycles. The first kappa shape index (κ1) is 27.5. The lowest BCUT2D eigenvalue weighted by Gasteiger charge is -2.47. The van der Waals surface area contributed by atoms with Crippen LogP contribution in [0.2, 0.25) is 5.02 Å². The molecule has 2 aliphatic heterocycles. The number of rotatable bonds is 10. The molecule has 3 fully saturated rings. The topological polar surface area (TPSA) is 124 Å². The summed E-state index contributed by atoms with van der Waals surface area (Å²) in [6.07, 6.45) is 2.71. The van der Waals surface area contributed by atoms with Crippen molar-refractivity contribution in [1.82, 2.24) is 0 Å². The summed E-state index contributed by atoms with van der Waals surface area (Å²) in [7, 11) is 0. The molecule has 2 aromatic carbocycles. The van der Waals surface area contributed by atoms with E-state index in [9.17, 15) is 29.7 Å². The van der Waals surface area contributed by atoms with Crippen molar-refractivity contribution in [3.8, 4) is 0 Å². The van der Waals surface area contributed by atoms with E-state index in [2.05, 4.69) is 29.2 Å². The SMILES string of the molecule is O=C(O)C[C@@H]1[C@H](CC(=O)O)[C@@H](c2ccc(Cl)c(Cc3ccc(N4CCCC4)cc3)c2)OC2(CC2)[C@H]1CC(=O)O. The average molecular weight is 556 g/mol. The highest BCUT2D eigenvalue weighted by atomic mass is 35.5. The van der Waals surface area contributed by atoms with Gasteiger partial charge in [-0.2, -0.15) is 0 Å². The maximum atomic E-state index is 11.9. The molecule has 0 bridgehead atoms. The molecule has 3 aliphatic rings. The number of aliphatic carboxylic acids is 3. The first-order chi connectivity index (χ1) is 18.6. The zero-order valence-electron chi connectivity index (χ0n) is 21.7. The Kier molecular flexibility index (Phi) is 7.87. The summed E-state index contributed by atoms with van der Waals surface area (Å²) in [6, 6.07) is 14.0. The number of ether oxygens (including phenoxy) is 1. The Labute approximate surface area is 232 Å². The Morgan fingerprint density at radius 2 is 1.49 bits per heavy atom. The van der Waals surface area contributed by atoms with Crippen LogP contribution in [-0.4, -0.2) is 51.9 Å². The van der Waals surface area contributed by atoms with Gasteiger partial charge in [-0.15, -0.1) is 0 Å². The molecule has 0 aromatic heterocycles. The quantitative estimate of drug-likeness (QED) is 0.355. The second-order valence-electron chi connectivity index (χ2n) is 11.2. The molecule has 0 radical (unpaired) electrons. The van der Waals surface area contributed by atoms with Crippen molar-refractivity contribution in [1.29, 1.82) is 0 Å². The number of carbonyl (C=O) groups is 3. The van der Waals surface area contributed by atoms with E-state index in [-0.39, 0.29) is 19.3 Å². The molecular weight excluding hydrogens is 522 g/mol. The van der Waals surface area contributed by atoms with Crippen molar-refractivity contribution in [3.63, 3.8) is 0 Å². The molecule has 3 N–H and O–H groups in total. The van der Waals surface area contributed by atoms with Crippen LogP contribution in [0.5, 0.6) is 0 Å². The maximum Gasteiger partial charge on any atom is 0.303 e. The van der Waals surface area contributed by atoms with E-state index in [1.165, 1.54) is 18.5 Å². The minimum atomic E-state index is -1.07. The van der Waals surface area contributed by atoms with Gasteiger partial charge in [0, 0.05) is 42.1 Å². The summed E-state index contributed by atoms with van der Waals surface area (Å²) in [5.74, 6) is -5.08. The van der Waals surface area contributed by atoms with Crippen LogP contribution in [0, 0.1) is 17.8 Å². The van der Waals surface area contributed by atoms with Gasteiger partial charge in [0.2, 0.25) is 0 Å². The van der Waals surface area contributed by atoms with Crippen LogP contribution in [0.3, 0.4) is 0 Å². The van der Waals surface area contributed by atoms with Gasteiger partial charge in [0.1, 0.15) is 0 Å². The molecule has 8 nitrogen and oxygen atoms in total. The first-order valence-corrected chi connectivity index (χ1v) is 14.0. The van der Waals surface area contributed by atoms with Crippen molar-refractivity contribution >= 4 is 35.2 Å². The predicted octanol–water partition coefficient (Wildman–Crippen LogP) is 5.41. The van der Waals surface area contributed by atoms with Crippen molar-refractivity contribution in [2.45, 2.75) is 63.1 Å². The van der Waals surface area contributed by atoms with E-state index < -0.39 is 47.4 Å². The standard InChI is InChI=1S/C30H34ClNO7/c31-25-8-5-19(14-20(25)13-18-3-6-21(7-4-18)32-11-1-2-12-32)29-23(16-27(35)36)22(15-26(33)34)24(17-28(37)38)30(39-29)9-10-30/h3-8,14,22-24,29H,1-2,9-13,15-17H2,(H,33,34)(H,35,36)(H,37,38)/t22-,23+,24+,29-/m1/s1. The Balaban J connectivity index is 1.45. The Bertz CT molecular complexity index is 1240. The van der Waals surface area contributed by atoms with E-state index >= 15 is 0 Å². The summed E-state index contributed by atoms with van der Waals surface area (Å²) < 4.78 is 6.56. The molecule has 0 amide bonds. The summed E-state index contributed by atoms with van der Waals surface area (Å²) in [6.45, 7) is 2.15. The molecule has 39 heavy (non-hydrogen) atoms. The van der Waals surface area contributed by atoms with Crippen LogP contribution in [0.1, 0.15) is 67.7 Å². The number of nitrogens with zero attached hydrogens (tertiary/aromatic N) is 1. The molecular formula is C30H34ClNO7. The molecule has 4 atom stereocenters. The van der Waals surface area contributed by atoms with Gasteiger partial charge < -0.3 is 25.0 Å². The second-order valence-corrected chi connectivity index (χ2v) is 11.6. The molecule has 9 heteroatoms. The molecule has 2 aromatic rings. The van der Waals surface area contributed by atoms with E-state index in [1.807, 2.05) is 12.1 Å². The minimum Gasteiger partial charge on any atom is -0.481 e. The van der Waals surface area contributed by atoms with Crippen molar-refractivity contribution in [2.75, 3.05) is 18.0 Å². The van der Waals surface area contributed by atoms with Gasteiger partial charge in [-0.25, -0.2) is 0 Å². The number of hydrogen-bond acceptors (Lipinski definition) is 5. The van der Waals surface area contributed by atoms with Crippen LogP contribution in [0.15, 0.2) is 42.5 Å². The number of carboxylic acid groups (broad SMARTS) is 3. The Morgan fingerprint density at radius 3 is 2.08 bits per heavy atom. The Morgan fingerprint density at radius 1 is 0.872 bits per heavy atom. The predicted molar refractivity (Wildman–Crippen MR) is 145 cm³/mol. The summed E-state index contributed by atoms with van der Waals surface area (Å²) in [4.78, 5) is 37.9. The number of carboxylic acids is 3. The van der Waals surface area contributed by atoms with Crippen LogP contribution < -0.4 is 4.90 Å². The highest BCUT2D eigenvalue weighted by Crippen LogP contribution is 2.61. The molecule has 2 heterocycles. The molecule has 0 unspecified atom stereocenters. The number of halogens is 1. The van der Waals surface area contributed by atoms with E-state index in [4.69, 9.17) is 16.3 Å². The summed E-state index contributed by atoms with van der Waals surface area (Å²) in [5.41, 5.74) is 3.16. The summed E-state index contributed by atoms with van der Waals surface area (Å²) >= 11 is 6.60. The smallest absolute Gasteiger partial charge is 0.303 e. The van der Waals surface area contributed by atoms with Crippen LogP contribution in [0.25, 0.3) is 0 Å². The average Bonchev–Trinajstić information content (AvgIpc) is 3.43. The second kappa shape index (κ2) is 11.2. The lowest BCUT2D eigenvalue weighted by molar-refractivity contribution is -0.185. The van der Waals surface area contributed by atoms with Gasteiger partial charge in [-0.3, -0.25) is 14.4 Å². The molecule has 208 valence electrons. The third kappa shape index (κ3) is 6.07. The molecule has 1 spiro atoms. The van der Waals surface area contributed by atoms with Gasteiger partial charge in [0.05, 0.1) is 24.5 Å². The van der Waals surface area contributed by atoms with E-state index in [1.54, 1.807) is 6.07 Å². The number of hydrogen-bond donors (Lipinski definition) is 3. The van der Waals surface area contributed by atoms with Gasteiger partial charge in [0.25, 0.3) is 0 Å². The van der Waals surface area contributed by atoms with Crippen LogP contribution >= 0.6 is 11.6 Å². The monoisotopic (exact) mass is 555 g/mol. The van der Waals surface area contributed by atoms with Crippen LogP contribution in [0.4, 0.5) is 5.69 Å². The zero-order chi connectivity index (χ0) is 27.7. The lowest BCUT2D eigenvalue weighted by Crippen LogP contribution is -2.47. The number of anilines is 1. The van der Waals surface area contributed by atoms with Crippen molar-refractivity contribution in [3.05, 3.63) is 64.2 Å². The highest BCUT2D eigenvalue weighted by Gasteiger charge is 2.61. The Hall–Kier alpha value is -3.10. The van der Waals surface area contributed by atoms with Gasteiger partial charge >= 0.3 is 17.9 Å². The van der Waals surface area contributed by atoms with Gasteiger partial charge in [-0.05, 0) is 72.9 Å². The fourth-order valence-electron chi connectivity index (χ4n) is 6.68. The maximum absolute atomic E-state index is 11.9. The molecule has 1 aliphatic carbocycles. The number of benzene rings is 2. The molecule has 1 saturated carbocycles. The third-order valence-electron chi connectivity index (χ3n) is 8.65. The van der Waals surface area contributed by atoms with Gasteiger partial charge in [-0.1, -0.05) is 35.9 Å². The first-order valence-electron chi connectivity index (χ1n) is 13.6. The van der Waals surface area contributed by atoms with E-state index in [0.717, 1.165) is 29.8 Å². The fraction of sp³-hybridized carbons (Fsp3) is 0.500. The summed E-state index contributed by atoms with van der Waals surface area (Å²) in [5, 5.41) is 29.6. The molecule has 5 rings (SSSR count). The largest absolute Gasteiger partial charge is 0.481 e.